The van der Waals surface area contributed by atoms with E-state index >= 15 is 0 Å². The zero-order chi connectivity index (χ0) is 13.8. The molecule has 1 aromatic rings. The van der Waals surface area contributed by atoms with Crippen molar-refractivity contribution in [2.75, 3.05) is 5.88 Å². The van der Waals surface area contributed by atoms with Crippen molar-refractivity contribution < 1.29 is 9.53 Å². The molecule has 4 heteroatoms. The SMILES string of the molecule is CC(C)Oc1ccc(C(C)(C)NC(=O)CCl)cc1. The van der Waals surface area contributed by atoms with E-state index in [1.54, 1.807) is 0 Å². The van der Waals surface area contributed by atoms with Gasteiger partial charge in [0.05, 0.1) is 11.6 Å². The van der Waals surface area contributed by atoms with Gasteiger partial charge in [0, 0.05) is 0 Å². The summed E-state index contributed by atoms with van der Waals surface area (Å²) < 4.78 is 5.58. The van der Waals surface area contributed by atoms with Gasteiger partial charge in [-0.3, -0.25) is 4.79 Å². The lowest BCUT2D eigenvalue weighted by atomic mass is 9.94. The molecule has 100 valence electrons. The fraction of sp³-hybridized carbons (Fsp3) is 0.500. The molecule has 1 N–H and O–H groups in total. The molecule has 3 nitrogen and oxygen atoms in total. The second-order valence-corrected chi connectivity index (χ2v) is 5.27. The number of alkyl halides is 1. The lowest BCUT2D eigenvalue weighted by molar-refractivity contribution is -0.120. The number of carbonyl (C=O) groups is 1. The molecule has 0 aliphatic rings. The first-order valence-corrected chi connectivity index (χ1v) is 6.53. The lowest BCUT2D eigenvalue weighted by Crippen LogP contribution is -2.41. The second-order valence-electron chi connectivity index (χ2n) is 5.00. The Labute approximate surface area is 113 Å². The van der Waals surface area contributed by atoms with Crippen LogP contribution in [0, 0.1) is 0 Å². The quantitative estimate of drug-likeness (QED) is 0.835. The van der Waals surface area contributed by atoms with Crippen LogP contribution in [0.5, 0.6) is 5.75 Å². The standard InChI is InChI=1S/C14H20ClNO2/c1-10(2)18-12-7-5-11(6-8-12)14(3,4)16-13(17)9-15/h5-8,10H,9H2,1-4H3,(H,16,17). The number of amides is 1. The van der Waals surface area contributed by atoms with Crippen molar-refractivity contribution in [2.24, 2.45) is 0 Å². The predicted octanol–water partition coefficient (Wildman–Crippen LogP) is 3.06. The van der Waals surface area contributed by atoms with E-state index in [9.17, 15) is 4.79 Å². The molecule has 18 heavy (non-hydrogen) atoms. The van der Waals surface area contributed by atoms with Gasteiger partial charge in [-0.05, 0) is 45.4 Å². The van der Waals surface area contributed by atoms with Crippen LogP contribution in [-0.2, 0) is 10.3 Å². The van der Waals surface area contributed by atoms with Crippen LogP contribution in [-0.4, -0.2) is 17.9 Å². The molecule has 1 rings (SSSR count). The molecule has 0 aromatic heterocycles. The normalized spacial score (nSPS) is 11.4. The van der Waals surface area contributed by atoms with Crippen molar-refractivity contribution in [2.45, 2.75) is 39.3 Å². The summed E-state index contributed by atoms with van der Waals surface area (Å²) in [5.41, 5.74) is 0.569. The summed E-state index contributed by atoms with van der Waals surface area (Å²) in [5.74, 6) is 0.621. The minimum absolute atomic E-state index is 0.0298. The first kappa shape index (κ1) is 14.8. The molecular formula is C14H20ClNO2. The Bertz CT molecular complexity index is 399. The molecule has 0 atom stereocenters. The number of carbonyl (C=O) groups excluding carboxylic acids is 1. The summed E-state index contributed by atoms with van der Waals surface area (Å²) in [7, 11) is 0. The van der Waals surface area contributed by atoms with Gasteiger partial charge in [-0.25, -0.2) is 0 Å². The molecule has 0 saturated carbocycles. The van der Waals surface area contributed by atoms with Gasteiger partial charge in [0.25, 0.3) is 0 Å². The predicted molar refractivity (Wildman–Crippen MR) is 74.1 cm³/mol. The first-order valence-electron chi connectivity index (χ1n) is 5.99. The van der Waals surface area contributed by atoms with Crippen molar-refractivity contribution in [3.05, 3.63) is 29.8 Å². The fourth-order valence-electron chi connectivity index (χ4n) is 1.68. The Morgan fingerprint density at radius 2 is 1.89 bits per heavy atom. The van der Waals surface area contributed by atoms with Crippen LogP contribution < -0.4 is 10.1 Å². The number of hydrogen-bond donors (Lipinski definition) is 1. The van der Waals surface area contributed by atoms with E-state index in [-0.39, 0.29) is 17.9 Å². The minimum Gasteiger partial charge on any atom is -0.491 e. The highest BCUT2D eigenvalue weighted by Gasteiger charge is 2.22. The maximum absolute atomic E-state index is 11.3. The molecule has 0 unspecified atom stereocenters. The van der Waals surface area contributed by atoms with Gasteiger partial charge in [-0.2, -0.15) is 0 Å². The summed E-state index contributed by atoms with van der Waals surface area (Å²) in [4.78, 5) is 11.3. The lowest BCUT2D eigenvalue weighted by Gasteiger charge is -2.26. The van der Waals surface area contributed by atoms with E-state index in [2.05, 4.69) is 5.32 Å². The van der Waals surface area contributed by atoms with Crippen molar-refractivity contribution in [3.63, 3.8) is 0 Å². The highest BCUT2D eigenvalue weighted by molar-refractivity contribution is 6.27. The van der Waals surface area contributed by atoms with Crippen LogP contribution in [0.1, 0.15) is 33.3 Å². The van der Waals surface area contributed by atoms with E-state index in [0.29, 0.717) is 0 Å². The van der Waals surface area contributed by atoms with Gasteiger partial charge >= 0.3 is 0 Å². The highest BCUT2D eigenvalue weighted by atomic mass is 35.5. The van der Waals surface area contributed by atoms with Crippen molar-refractivity contribution >= 4 is 17.5 Å². The topological polar surface area (TPSA) is 38.3 Å². The third-order valence-corrected chi connectivity index (χ3v) is 2.76. The van der Waals surface area contributed by atoms with Gasteiger partial charge in [-0.1, -0.05) is 12.1 Å². The van der Waals surface area contributed by atoms with E-state index in [0.717, 1.165) is 11.3 Å². The molecular weight excluding hydrogens is 250 g/mol. The summed E-state index contributed by atoms with van der Waals surface area (Å²) in [5, 5.41) is 2.87. The van der Waals surface area contributed by atoms with Crippen molar-refractivity contribution in [3.8, 4) is 5.75 Å². The Balaban J connectivity index is 2.80. The van der Waals surface area contributed by atoms with Crippen LogP contribution in [0.2, 0.25) is 0 Å². The second kappa shape index (κ2) is 6.10. The number of ether oxygens (including phenoxy) is 1. The van der Waals surface area contributed by atoms with Gasteiger partial charge in [-0.15, -0.1) is 11.6 Å². The Morgan fingerprint density at radius 1 is 1.33 bits per heavy atom. The maximum atomic E-state index is 11.3. The van der Waals surface area contributed by atoms with Crippen LogP contribution in [0.4, 0.5) is 0 Å². The summed E-state index contributed by atoms with van der Waals surface area (Å²) >= 11 is 5.50. The Hall–Kier alpha value is -1.22. The molecule has 0 saturated heterocycles. The molecule has 1 aromatic carbocycles. The van der Waals surface area contributed by atoms with Gasteiger partial charge < -0.3 is 10.1 Å². The monoisotopic (exact) mass is 269 g/mol. The van der Waals surface area contributed by atoms with Crippen LogP contribution in [0.25, 0.3) is 0 Å². The average Bonchev–Trinajstić information content (AvgIpc) is 2.28. The highest BCUT2D eigenvalue weighted by Crippen LogP contribution is 2.23. The summed E-state index contributed by atoms with van der Waals surface area (Å²) in [6.45, 7) is 7.85. The minimum atomic E-state index is -0.442. The number of benzene rings is 1. The molecule has 0 aliphatic carbocycles. The number of halogens is 1. The third kappa shape index (κ3) is 4.22. The molecule has 0 aliphatic heterocycles. The Morgan fingerprint density at radius 3 is 2.33 bits per heavy atom. The van der Waals surface area contributed by atoms with Gasteiger partial charge in [0.15, 0.2) is 0 Å². The molecule has 0 fully saturated rings. The maximum Gasteiger partial charge on any atom is 0.235 e. The number of nitrogens with one attached hydrogen (secondary N) is 1. The molecule has 0 radical (unpaired) electrons. The van der Waals surface area contributed by atoms with Crippen LogP contribution >= 0.6 is 11.6 Å². The zero-order valence-corrected chi connectivity index (χ0v) is 12.0. The van der Waals surface area contributed by atoms with E-state index in [1.807, 2.05) is 52.0 Å². The average molecular weight is 270 g/mol. The Kier molecular flexibility index (Phi) is 5.03. The van der Waals surface area contributed by atoms with Gasteiger partial charge in [0.2, 0.25) is 5.91 Å². The third-order valence-electron chi connectivity index (χ3n) is 2.52. The number of rotatable bonds is 5. The molecule has 0 heterocycles. The van der Waals surface area contributed by atoms with E-state index in [1.165, 1.54) is 0 Å². The van der Waals surface area contributed by atoms with E-state index < -0.39 is 5.54 Å². The number of hydrogen-bond acceptors (Lipinski definition) is 2. The first-order chi connectivity index (χ1) is 8.35. The molecule has 0 spiro atoms. The van der Waals surface area contributed by atoms with Crippen molar-refractivity contribution in [1.82, 2.24) is 5.32 Å². The van der Waals surface area contributed by atoms with Crippen LogP contribution in [0.15, 0.2) is 24.3 Å². The zero-order valence-electron chi connectivity index (χ0n) is 11.3. The molecule has 0 bridgehead atoms. The van der Waals surface area contributed by atoms with Crippen LogP contribution in [0.3, 0.4) is 0 Å². The molecule has 1 amide bonds. The smallest absolute Gasteiger partial charge is 0.235 e. The fourth-order valence-corrected chi connectivity index (χ4v) is 1.74. The summed E-state index contributed by atoms with van der Waals surface area (Å²) in [6.07, 6.45) is 0.153. The summed E-state index contributed by atoms with van der Waals surface area (Å²) in [6, 6.07) is 7.71. The van der Waals surface area contributed by atoms with Crippen molar-refractivity contribution in [1.29, 1.82) is 0 Å². The van der Waals surface area contributed by atoms with E-state index in [4.69, 9.17) is 16.3 Å². The largest absolute Gasteiger partial charge is 0.491 e. The van der Waals surface area contributed by atoms with Gasteiger partial charge in [0.1, 0.15) is 11.6 Å².